The zero-order valence-corrected chi connectivity index (χ0v) is 10.7. The van der Waals surface area contributed by atoms with Gasteiger partial charge in [0.05, 0.1) is 0 Å². The first-order valence-corrected chi connectivity index (χ1v) is 6.92. The Labute approximate surface area is 108 Å². The lowest BCUT2D eigenvalue weighted by molar-refractivity contribution is 0.679. The van der Waals surface area contributed by atoms with Crippen LogP contribution in [0.3, 0.4) is 0 Å². The van der Waals surface area contributed by atoms with Gasteiger partial charge in [0, 0.05) is 24.3 Å². The third-order valence-corrected chi connectivity index (χ3v) is 3.89. The maximum atomic E-state index is 7.72. The molecule has 0 heterocycles. The number of hydrogen-bond donors (Lipinski definition) is 2. The second kappa shape index (κ2) is 4.63. The van der Waals surface area contributed by atoms with Crippen LogP contribution in [0.4, 0.5) is 5.69 Å². The second-order valence-corrected chi connectivity index (χ2v) is 5.72. The topological polar surface area (TPSA) is 53.1 Å². The molecule has 2 fully saturated rings. The molecular weight excluding hydrogens is 222 g/mol. The second-order valence-electron chi connectivity index (χ2n) is 5.72. The summed E-state index contributed by atoms with van der Waals surface area (Å²) in [6.45, 7) is 2.28. The van der Waals surface area contributed by atoms with Crippen molar-refractivity contribution in [3.05, 3.63) is 29.8 Å². The fourth-order valence-corrected chi connectivity index (χ4v) is 2.47. The normalized spacial score (nSPS) is 18.7. The van der Waals surface area contributed by atoms with E-state index in [1.54, 1.807) is 0 Å². The van der Waals surface area contributed by atoms with Crippen LogP contribution < -0.4 is 10.6 Å². The first kappa shape index (κ1) is 11.6. The minimum Gasteiger partial charge on any atom is -0.384 e. The molecule has 1 aromatic carbocycles. The highest BCUT2D eigenvalue weighted by Gasteiger charge is 2.30. The van der Waals surface area contributed by atoms with Crippen molar-refractivity contribution in [1.82, 2.24) is 0 Å². The molecule has 2 saturated carbocycles. The molecule has 0 radical (unpaired) electrons. The summed E-state index contributed by atoms with van der Waals surface area (Å²) < 4.78 is 0. The number of nitrogen functional groups attached to an aromatic ring is 1. The SMILES string of the molecule is N=C(N)c1ccccc1N(CC1CC1)CC1CC1. The van der Waals surface area contributed by atoms with E-state index in [4.69, 9.17) is 11.1 Å². The minimum atomic E-state index is 0.183. The van der Waals surface area contributed by atoms with Crippen molar-refractivity contribution < 1.29 is 0 Å². The molecule has 0 atom stereocenters. The van der Waals surface area contributed by atoms with Crippen LogP contribution in [0.2, 0.25) is 0 Å². The lowest BCUT2D eigenvalue weighted by Crippen LogP contribution is -2.30. The van der Waals surface area contributed by atoms with Crippen LogP contribution in [-0.4, -0.2) is 18.9 Å². The minimum absolute atomic E-state index is 0.183. The summed E-state index contributed by atoms with van der Waals surface area (Å²) in [4.78, 5) is 2.46. The predicted molar refractivity (Wildman–Crippen MR) is 75.1 cm³/mol. The number of nitrogens with one attached hydrogen (secondary N) is 1. The van der Waals surface area contributed by atoms with Gasteiger partial charge in [-0.3, -0.25) is 5.41 Å². The molecule has 0 aliphatic heterocycles. The van der Waals surface area contributed by atoms with Crippen LogP contribution in [0.5, 0.6) is 0 Å². The van der Waals surface area contributed by atoms with E-state index in [-0.39, 0.29) is 5.84 Å². The molecule has 3 rings (SSSR count). The Morgan fingerprint density at radius 3 is 2.17 bits per heavy atom. The van der Waals surface area contributed by atoms with Gasteiger partial charge in [-0.25, -0.2) is 0 Å². The van der Waals surface area contributed by atoms with Crippen LogP contribution in [0, 0.1) is 17.2 Å². The molecule has 0 saturated heterocycles. The smallest absolute Gasteiger partial charge is 0.124 e. The van der Waals surface area contributed by atoms with Crippen molar-refractivity contribution in [3.63, 3.8) is 0 Å². The summed E-state index contributed by atoms with van der Waals surface area (Å²) in [5.41, 5.74) is 7.75. The standard InChI is InChI=1S/C15H21N3/c16-15(17)13-3-1-2-4-14(13)18(9-11-5-6-11)10-12-7-8-12/h1-4,11-12H,5-10H2,(H3,16,17). The molecule has 2 aliphatic rings. The number of rotatable bonds is 6. The molecular formula is C15H21N3. The van der Waals surface area contributed by atoms with Gasteiger partial charge >= 0.3 is 0 Å². The number of benzene rings is 1. The molecule has 0 aromatic heterocycles. The zero-order chi connectivity index (χ0) is 12.5. The molecule has 0 unspecified atom stereocenters. The highest BCUT2D eigenvalue weighted by atomic mass is 15.1. The van der Waals surface area contributed by atoms with E-state index in [1.165, 1.54) is 25.7 Å². The number of nitrogens with zero attached hydrogens (tertiary/aromatic N) is 1. The Hall–Kier alpha value is -1.51. The van der Waals surface area contributed by atoms with Crippen molar-refractivity contribution >= 4 is 11.5 Å². The Bertz CT molecular complexity index is 433. The van der Waals surface area contributed by atoms with Gasteiger partial charge in [0.25, 0.3) is 0 Å². The van der Waals surface area contributed by atoms with Crippen molar-refractivity contribution in [2.24, 2.45) is 17.6 Å². The maximum absolute atomic E-state index is 7.72. The lowest BCUT2D eigenvalue weighted by Gasteiger charge is -2.27. The maximum Gasteiger partial charge on any atom is 0.124 e. The zero-order valence-electron chi connectivity index (χ0n) is 10.7. The Morgan fingerprint density at radius 2 is 1.67 bits per heavy atom. The summed E-state index contributed by atoms with van der Waals surface area (Å²) in [5.74, 6) is 1.91. The number of anilines is 1. The Kier molecular flexibility index (Phi) is 2.98. The number of hydrogen-bond acceptors (Lipinski definition) is 2. The first-order chi connectivity index (χ1) is 8.74. The van der Waals surface area contributed by atoms with E-state index < -0.39 is 0 Å². The van der Waals surface area contributed by atoms with E-state index in [0.717, 1.165) is 36.2 Å². The molecule has 3 N–H and O–H groups in total. The van der Waals surface area contributed by atoms with E-state index in [0.29, 0.717) is 0 Å². The number of amidine groups is 1. The summed E-state index contributed by atoms with van der Waals surface area (Å²) in [6, 6.07) is 8.09. The molecule has 3 heteroatoms. The summed E-state index contributed by atoms with van der Waals surface area (Å²) >= 11 is 0. The first-order valence-electron chi connectivity index (χ1n) is 6.92. The molecule has 18 heavy (non-hydrogen) atoms. The quantitative estimate of drug-likeness (QED) is 0.596. The van der Waals surface area contributed by atoms with Gasteiger partial charge in [-0.2, -0.15) is 0 Å². The molecule has 0 spiro atoms. The van der Waals surface area contributed by atoms with Crippen LogP contribution in [0.1, 0.15) is 31.2 Å². The van der Waals surface area contributed by atoms with Gasteiger partial charge in [0.1, 0.15) is 5.84 Å². The van der Waals surface area contributed by atoms with Crippen LogP contribution in [0.15, 0.2) is 24.3 Å². The fourth-order valence-electron chi connectivity index (χ4n) is 2.47. The molecule has 0 bridgehead atoms. The predicted octanol–water partition coefficient (Wildman–Crippen LogP) is 2.60. The van der Waals surface area contributed by atoms with Crippen LogP contribution >= 0.6 is 0 Å². The molecule has 0 amide bonds. The molecule has 96 valence electrons. The third kappa shape index (κ3) is 2.66. The Balaban J connectivity index is 1.84. The van der Waals surface area contributed by atoms with E-state index in [2.05, 4.69) is 17.0 Å². The van der Waals surface area contributed by atoms with Gasteiger partial charge in [0.15, 0.2) is 0 Å². The lowest BCUT2D eigenvalue weighted by atomic mass is 10.1. The highest BCUT2D eigenvalue weighted by molar-refractivity contribution is 6.00. The van der Waals surface area contributed by atoms with Crippen molar-refractivity contribution in [2.75, 3.05) is 18.0 Å². The average Bonchev–Trinajstić information content (AvgIpc) is 3.23. The summed E-state index contributed by atoms with van der Waals surface area (Å²) in [6.07, 6.45) is 5.46. The molecule has 1 aromatic rings. The van der Waals surface area contributed by atoms with E-state index >= 15 is 0 Å². The third-order valence-electron chi connectivity index (χ3n) is 3.89. The van der Waals surface area contributed by atoms with Gasteiger partial charge in [-0.15, -0.1) is 0 Å². The highest BCUT2D eigenvalue weighted by Crippen LogP contribution is 2.36. The fraction of sp³-hybridized carbons (Fsp3) is 0.533. The van der Waals surface area contributed by atoms with Crippen molar-refractivity contribution in [3.8, 4) is 0 Å². The average molecular weight is 243 g/mol. The number of nitrogens with two attached hydrogens (primary N) is 1. The summed E-state index contributed by atoms with van der Waals surface area (Å²) in [7, 11) is 0. The van der Waals surface area contributed by atoms with Crippen LogP contribution in [-0.2, 0) is 0 Å². The van der Waals surface area contributed by atoms with E-state index in [1.807, 2.05) is 12.1 Å². The van der Waals surface area contributed by atoms with Gasteiger partial charge in [-0.1, -0.05) is 12.1 Å². The van der Waals surface area contributed by atoms with Gasteiger partial charge in [-0.05, 0) is 49.7 Å². The monoisotopic (exact) mass is 243 g/mol. The Morgan fingerprint density at radius 1 is 1.11 bits per heavy atom. The van der Waals surface area contributed by atoms with Crippen molar-refractivity contribution in [2.45, 2.75) is 25.7 Å². The molecule has 3 nitrogen and oxygen atoms in total. The van der Waals surface area contributed by atoms with Crippen LogP contribution in [0.25, 0.3) is 0 Å². The number of para-hydroxylation sites is 1. The molecule has 2 aliphatic carbocycles. The van der Waals surface area contributed by atoms with Gasteiger partial charge in [0.2, 0.25) is 0 Å². The summed E-state index contributed by atoms with van der Waals surface area (Å²) in [5, 5.41) is 7.72. The van der Waals surface area contributed by atoms with E-state index in [9.17, 15) is 0 Å². The van der Waals surface area contributed by atoms with Gasteiger partial charge < -0.3 is 10.6 Å². The largest absolute Gasteiger partial charge is 0.384 e. The van der Waals surface area contributed by atoms with Crippen molar-refractivity contribution in [1.29, 1.82) is 5.41 Å².